The molecular formula is C22H23NO7. The monoisotopic (exact) mass is 413 g/mol. The molecule has 158 valence electrons. The van der Waals surface area contributed by atoms with Crippen LogP contribution in [-0.4, -0.2) is 54.1 Å². The molecule has 1 aliphatic heterocycles. The minimum atomic E-state index is -0.993. The van der Waals surface area contributed by atoms with Crippen molar-refractivity contribution >= 4 is 18.0 Å². The number of hydrogen-bond acceptors (Lipinski definition) is 7. The van der Waals surface area contributed by atoms with Gasteiger partial charge >= 0.3 is 18.0 Å². The third-order valence-corrected chi connectivity index (χ3v) is 5.64. The summed E-state index contributed by atoms with van der Waals surface area (Å²) in [4.78, 5) is 37.3. The largest absolute Gasteiger partial charge is 0.457 e. The molecule has 1 unspecified atom stereocenters. The molecule has 1 amide bonds. The lowest BCUT2D eigenvalue weighted by Crippen LogP contribution is -2.59. The second kappa shape index (κ2) is 8.71. The Labute approximate surface area is 173 Å². The lowest BCUT2D eigenvalue weighted by Gasteiger charge is -2.41. The number of esters is 2. The molecule has 1 aromatic carbocycles. The zero-order valence-corrected chi connectivity index (χ0v) is 16.2. The quantitative estimate of drug-likeness (QED) is 0.559. The van der Waals surface area contributed by atoms with Gasteiger partial charge in [0.05, 0.1) is 11.5 Å². The fourth-order valence-corrected chi connectivity index (χ4v) is 4.09. The average molecular weight is 413 g/mol. The summed E-state index contributed by atoms with van der Waals surface area (Å²) in [5.74, 6) is -2.07. The van der Waals surface area contributed by atoms with E-state index in [-0.39, 0.29) is 13.0 Å². The molecule has 6 atom stereocenters. The van der Waals surface area contributed by atoms with Gasteiger partial charge in [-0.2, -0.15) is 0 Å². The average Bonchev–Trinajstić information content (AvgIpc) is 3.16. The summed E-state index contributed by atoms with van der Waals surface area (Å²) >= 11 is 0. The van der Waals surface area contributed by atoms with Gasteiger partial charge in [0, 0.05) is 12.5 Å². The van der Waals surface area contributed by atoms with E-state index in [1.165, 1.54) is 0 Å². The Morgan fingerprint density at radius 1 is 1.13 bits per heavy atom. The number of carbonyl (C=O) groups is 3. The fraction of sp³-hybridized carbons (Fsp3) is 0.409. The lowest BCUT2D eigenvalue weighted by molar-refractivity contribution is -0.174. The molecule has 8 nitrogen and oxygen atoms in total. The molecule has 2 aliphatic carbocycles. The molecule has 1 heterocycles. The highest BCUT2D eigenvalue weighted by molar-refractivity contribution is 5.89. The van der Waals surface area contributed by atoms with Crippen molar-refractivity contribution in [2.24, 2.45) is 11.8 Å². The predicted octanol–water partition coefficient (Wildman–Crippen LogP) is 1.75. The van der Waals surface area contributed by atoms with Crippen molar-refractivity contribution < 1.29 is 33.7 Å². The Balaban J connectivity index is 1.58. The molecule has 0 bridgehead atoms. The number of nitrogens with one attached hydrogen (secondary N) is 1. The summed E-state index contributed by atoms with van der Waals surface area (Å²) in [7, 11) is 0. The molecular weight excluding hydrogens is 390 g/mol. The van der Waals surface area contributed by atoms with Gasteiger partial charge in [0.1, 0.15) is 18.2 Å². The number of carbonyl (C=O) groups excluding carboxylic acids is 3. The van der Waals surface area contributed by atoms with Crippen LogP contribution in [0.5, 0.6) is 0 Å². The van der Waals surface area contributed by atoms with Crippen LogP contribution in [-0.2, 0) is 19.0 Å². The zero-order valence-electron chi connectivity index (χ0n) is 16.2. The van der Waals surface area contributed by atoms with Gasteiger partial charge in [0.15, 0.2) is 6.10 Å². The number of aliphatic hydroxyl groups is 1. The maximum atomic E-state index is 12.7. The first-order chi connectivity index (χ1) is 14.6. The highest BCUT2D eigenvalue weighted by Gasteiger charge is 2.54. The predicted molar refractivity (Wildman–Crippen MR) is 104 cm³/mol. The van der Waals surface area contributed by atoms with Gasteiger partial charge in [-0.3, -0.25) is 4.79 Å². The van der Waals surface area contributed by atoms with Crippen LogP contribution in [0.3, 0.4) is 0 Å². The third-order valence-electron chi connectivity index (χ3n) is 5.64. The molecule has 0 spiro atoms. The molecule has 8 heteroatoms. The Kier molecular flexibility index (Phi) is 5.85. The van der Waals surface area contributed by atoms with Gasteiger partial charge in [-0.25, -0.2) is 9.59 Å². The van der Waals surface area contributed by atoms with E-state index in [1.807, 2.05) is 12.2 Å². The van der Waals surface area contributed by atoms with Gasteiger partial charge in [-0.1, -0.05) is 42.5 Å². The Morgan fingerprint density at radius 2 is 1.93 bits per heavy atom. The summed E-state index contributed by atoms with van der Waals surface area (Å²) in [6.07, 6.45) is 4.90. The molecule has 1 saturated carbocycles. The van der Waals surface area contributed by atoms with E-state index >= 15 is 0 Å². The number of amides is 1. The van der Waals surface area contributed by atoms with E-state index in [2.05, 4.69) is 5.32 Å². The highest BCUT2D eigenvalue weighted by atomic mass is 16.6. The molecule has 3 aliphatic rings. The maximum Gasteiger partial charge on any atom is 0.407 e. The molecule has 30 heavy (non-hydrogen) atoms. The van der Waals surface area contributed by atoms with Gasteiger partial charge in [0.25, 0.3) is 0 Å². The van der Waals surface area contributed by atoms with E-state index in [0.717, 1.165) is 0 Å². The number of fused-ring (bicyclic) bond motifs is 1. The summed E-state index contributed by atoms with van der Waals surface area (Å²) in [6.45, 7) is -0.307. The number of aliphatic hydroxyl groups excluding tert-OH is 1. The molecule has 4 rings (SSSR count). The first-order valence-electron chi connectivity index (χ1n) is 9.94. The van der Waals surface area contributed by atoms with Crippen molar-refractivity contribution in [3.63, 3.8) is 0 Å². The number of rotatable bonds is 5. The van der Waals surface area contributed by atoms with Crippen molar-refractivity contribution in [2.75, 3.05) is 6.61 Å². The van der Waals surface area contributed by atoms with Gasteiger partial charge in [0.2, 0.25) is 0 Å². The van der Waals surface area contributed by atoms with Crippen LogP contribution in [0.1, 0.15) is 23.2 Å². The van der Waals surface area contributed by atoms with Gasteiger partial charge < -0.3 is 24.6 Å². The second-order valence-corrected chi connectivity index (χ2v) is 7.58. The SMILES string of the molecule is O=C1N[C@@H]2[C@@H](OC(=O)c3ccccc3)[C@H](OC(=O)C3C=CC=CC3)[C@@H](CO)C[C@@H]2O1. The summed E-state index contributed by atoms with van der Waals surface area (Å²) < 4.78 is 16.7. The topological polar surface area (TPSA) is 111 Å². The molecule has 0 aromatic heterocycles. The molecule has 1 aromatic rings. The first kappa shape index (κ1) is 20.2. The Hall–Kier alpha value is -3.13. The van der Waals surface area contributed by atoms with Crippen LogP contribution in [0.25, 0.3) is 0 Å². The van der Waals surface area contributed by atoms with Crippen LogP contribution in [0.4, 0.5) is 4.79 Å². The number of allylic oxidation sites excluding steroid dienone is 3. The third kappa shape index (κ3) is 4.09. The van der Waals surface area contributed by atoms with Crippen molar-refractivity contribution in [2.45, 2.75) is 37.2 Å². The van der Waals surface area contributed by atoms with Gasteiger partial charge in [-0.05, 0) is 25.0 Å². The van der Waals surface area contributed by atoms with E-state index in [4.69, 9.17) is 14.2 Å². The first-order valence-corrected chi connectivity index (χ1v) is 9.94. The number of ether oxygens (including phenoxy) is 3. The molecule has 1 saturated heterocycles. The van der Waals surface area contributed by atoms with Crippen LogP contribution >= 0.6 is 0 Å². The van der Waals surface area contributed by atoms with Crippen molar-refractivity contribution in [3.8, 4) is 0 Å². The zero-order chi connectivity index (χ0) is 21.1. The smallest absolute Gasteiger partial charge is 0.407 e. The van der Waals surface area contributed by atoms with E-state index in [0.29, 0.717) is 12.0 Å². The summed E-state index contributed by atoms with van der Waals surface area (Å²) in [5.41, 5.74) is 0.329. The Bertz CT molecular complexity index is 865. The van der Waals surface area contributed by atoms with Crippen LogP contribution in [0, 0.1) is 11.8 Å². The summed E-state index contributed by atoms with van der Waals surface area (Å²) in [6, 6.07) is 7.73. The molecule has 2 fully saturated rings. The normalized spacial score (nSPS) is 32.0. The second-order valence-electron chi connectivity index (χ2n) is 7.58. The lowest BCUT2D eigenvalue weighted by atomic mass is 9.79. The van der Waals surface area contributed by atoms with Crippen molar-refractivity contribution in [1.29, 1.82) is 0 Å². The molecule has 0 radical (unpaired) electrons. The minimum absolute atomic E-state index is 0.289. The fourth-order valence-electron chi connectivity index (χ4n) is 4.09. The van der Waals surface area contributed by atoms with Crippen LogP contribution in [0.2, 0.25) is 0 Å². The molecule has 2 N–H and O–H groups in total. The van der Waals surface area contributed by atoms with E-state index < -0.39 is 54.2 Å². The van der Waals surface area contributed by atoms with Crippen molar-refractivity contribution in [1.82, 2.24) is 5.32 Å². The standard InChI is InChI=1S/C22H23NO7/c24-12-15-11-16-17(23-22(27)28-16)19(30-21(26)14-9-5-2-6-10-14)18(15)29-20(25)13-7-3-1-4-8-13/h1-7,9-10,13,15-19,24H,8,11-12H2,(H,23,27)/t13?,15-,16+,17+,18-,19-/m1/s1. The van der Waals surface area contributed by atoms with E-state index in [9.17, 15) is 19.5 Å². The number of benzene rings is 1. The minimum Gasteiger partial charge on any atom is -0.457 e. The highest BCUT2D eigenvalue weighted by Crippen LogP contribution is 2.35. The van der Waals surface area contributed by atoms with Crippen LogP contribution in [0.15, 0.2) is 54.6 Å². The summed E-state index contributed by atoms with van der Waals surface area (Å²) in [5, 5.41) is 12.6. The maximum absolute atomic E-state index is 12.7. The Morgan fingerprint density at radius 3 is 2.63 bits per heavy atom. The van der Waals surface area contributed by atoms with E-state index in [1.54, 1.807) is 42.5 Å². The van der Waals surface area contributed by atoms with Crippen LogP contribution < -0.4 is 5.32 Å². The number of alkyl carbamates (subject to hydrolysis) is 1. The number of hydrogen-bond donors (Lipinski definition) is 2. The van der Waals surface area contributed by atoms with Crippen molar-refractivity contribution in [3.05, 3.63) is 60.2 Å². The van der Waals surface area contributed by atoms with Gasteiger partial charge in [-0.15, -0.1) is 0 Å².